The van der Waals surface area contributed by atoms with Crippen LogP contribution in [0.25, 0.3) is 11.4 Å². The first-order valence-corrected chi connectivity index (χ1v) is 6.72. The summed E-state index contributed by atoms with van der Waals surface area (Å²) in [7, 11) is 0. The van der Waals surface area contributed by atoms with E-state index in [2.05, 4.69) is 24.0 Å². The maximum atomic E-state index is 6.34. The van der Waals surface area contributed by atoms with E-state index in [4.69, 9.17) is 23.2 Å². The summed E-state index contributed by atoms with van der Waals surface area (Å²) in [4.78, 5) is 0. The Balaban J connectivity index is 2.64. The van der Waals surface area contributed by atoms with E-state index >= 15 is 0 Å². The van der Waals surface area contributed by atoms with Crippen molar-refractivity contribution in [3.05, 3.63) is 34.6 Å². The summed E-state index contributed by atoms with van der Waals surface area (Å²) >= 11 is 12.2. The Kier molecular flexibility index (Phi) is 3.93. The molecule has 0 fully saturated rings. The Hall–Kier alpha value is -1.06. The van der Waals surface area contributed by atoms with Gasteiger partial charge in [0.25, 0.3) is 0 Å². The lowest BCUT2D eigenvalue weighted by Crippen LogP contribution is -2.07. The molecule has 18 heavy (non-hydrogen) atoms. The van der Waals surface area contributed by atoms with Crippen LogP contribution in [0.1, 0.15) is 31.3 Å². The molecule has 1 aromatic carbocycles. The molecule has 0 N–H and O–H groups in total. The first-order chi connectivity index (χ1) is 8.56. The molecule has 0 amide bonds. The zero-order chi connectivity index (χ0) is 13.3. The van der Waals surface area contributed by atoms with Crippen molar-refractivity contribution in [2.24, 2.45) is 0 Å². The van der Waals surface area contributed by atoms with Crippen molar-refractivity contribution in [1.82, 2.24) is 14.8 Å². The molecule has 1 aromatic heterocycles. The van der Waals surface area contributed by atoms with E-state index < -0.39 is 0 Å². The summed E-state index contributed by atoms with van der Waals surface area (Å²) < 4.78 is 2.02. The molecule has 5 heteroatoms. The first kappa shape index (κ1) is 13.4. The number of benzene rings is 1. The van der Waals surface area contributed by atoms with Crippen LogP contribution in [0.4, 0.5) is 0 Å². The van der Waals surface area contributed by atoms with Gasteiger partial charge in [-0.15, -0.1) is 21.8 Å². The Labute approximate surface area is 117 Å². The number of halogens is 2. The quantitative estimate of drug-likeness (QED) is 0.790. The number of alkyl halides is 1. The molecule has 3 nitrogen and oxygen atoms in total. The molecule has 0 aliphatic heterocycles. The van der Waals surface area contributed by atoms with Crippen LogP contribution in [0.2, 0.25) is 5.02 Å². The fraction of sp³-hybridized carbons (Fsp3) is 0.385. The SMILES string of the molecule is Cc1cccc(-c2nnc(CCl)n2C(C)C)c1Cl. The molecule has 0 spiro atoms. The van der Waals surface area contributed by atoms with Crippen LogP contribution in [0.15, 0.2) is 18.2 Å². The predicted octanol–water partition coefficient (Wildman–Crippen LogP) is 4.23. The highest BCUT2D eigenvalue weighted by molar-refractivity contribution is 6.33. The molecular formula is C13H15Cl2N3. The van der Waals surface area contributed by atoms with Crippen LogP contribution in [-0.2, 0) is 5.88 Å². The number of nitrogens with zero attached hydrogens (tertiary/aromatic N) is 3. The summed E-state index contributed by atoms with van der Waals surface area (Å²) in [6.45, 7) is 6.13. The third-order valence-corrected chi connectivity index (χ3v) is 3.58. The molecule has 96 valence electrons. The zero-order valence-electron chi connectivity index (χ0n) is 10.6. The Morgan fingerprint density at radius 1 is 1.28 bits per heavy atom. The minimum absolute atomic E-state index is 0.236. The average molecular weight is 284 g/mol. The lowest BCUT2D eigenvalue weighted by atomic mass is 10.1. The van der Waals surface area contributed by atoms with E-state index in [1.807, 2.05) is 29.7 Å². The second-order valence-corrected chi connectivity index (χ2v) is 5.12. The number of rotatable bonds is 3. The van der Waals surface area contributed by atoms with Crippen LogP contribution in [0.3, 0.4) is 0 Å². The molecule has 0 unspecified atom stereocenters. The Morgan fingerprint density at radius 3 is 2.61 bits per heavy atom. The van der Waals surface area contributed by atoms with Crippen molar-refractivity contribution < 1.29 is 0 Å². The fourth-order valence-corrected chi connectivity index (χ4v) is 2.35. The lowest BCUT2D eigenvalue weighted by molar-refractivity contribution is 0.585. The molecule has 0 atom stereocenters. The Bertz CT molecular complexity index is 561. The second kappa shape index (κ2) is 5.29. The molecule has 2 aromatic rings. The van der Waals surface area contributed by atoms with Gasteiger partial charge in [-0.1, -0.05) is 23.7 Å². The maximum absolute atomic E-state index is 6.34. The summed E-state index contributed by atoms with van der Waals surface area (Å²) in [6.07, 6.45) is 0. The normalized spacial score (nSPS) is 11.2. The predicted molar refractivity (Wildman–Crippen MR) is 75.1 cm³/mol. The van der Waals surface area contributed by atoms with Gasteiger partial charge in [-0.3, -0.25) is 0 Å². The zero-order valence-corrected chi connectivity index (χ0v) is 12.1. The van der Waals surface area contributed by atoms with Gasteiger partial charge >= 0.3 is 0 Å². The van der Waals surface area contributed by atoms with Crippen molar-refractivity contribution >= 4 is 23.2 Å². The van der Waals surface area contributed by atoms with E-state index in [-0.39, 0.29) is 6.04 Å². The number of aromatic nitrogens is 3. The second-order valence-electron chi connectivity index (χ2n) is 4.47. The smallest absolute Gasteiger partial charge is 0.165 e. The molecule has 0 aliphatic carbocycles. The van der Waals surface area contributed by atoms with Gasteiger partial charge in [0.2, 0.25) is 0 Å². The average Bonchev–Trinajstić information content (AvgIpc) is 2.76. The Morgan fingerprint density at radius 2 is 2.00 bits per heavy atom. The van der Waals surface area contributed by atoms with Crippen LogP contribution < -0.4 is 0 Å². The molecule has 0 aliphatic rings. The molecule has 2 rings (SSSR count). The topological polar surface area (TPSA) is 30.7 Å². The summed E-state index contributed by atoms with van der Waals surface area (Å²) in [5, 5.41) is 9.07. The van der Waals surface area contributed by atoms with Crippen LogP contribution in [0, 0.1) is 6.92 Å². The molecule has 0 bridgehead atoms. The van der Waals surface area contributed by atoms with Crippen molar-refractivity contribution in [3.63, 3.8) is 0 Å². The van der Waals surface area contributed by atoms with E-state index in [0.29, 0.717) is 10.9 Å². The van der Waals surface area contributed by atoms with E-state index in [1.54, 1.807) is 0 Å². The van der Waals surface area contributed by atoms with Gasteiger partial charge < -0.3 is 4.57 Å². The molecule has 1 heterocycles. The van der Waals surface area contributed by atoms with E-state index in [1.165, 1.54) is 0 Å². The summed E-state index contributed by atoms with van der Waals surface area (Å²) in [5.74, 6) is 1.88. The van der Waals surface area contributed by atoms with Crippen molar-refractivity contribution in [1.29, 1.82) is 0 Å². The highest BCUT2D eigenvalue weighted by Gasteiger charge is 2.18. The summed E-state index contributed by atoms with van der Waals surface area (Å²) in [6, 6.07) is 6.14. The minimum Gasteiger partial charge on any atom is -0.307 e. The van der Waals surface area contributed by atoms with Crippen LogP contribution in [-0.4, -0.2) is 14.8 Å². The van der Waals surface area contributed by atoms with Crippen LogP contribution in [0.5, 0.6) is 0 Å². The van der Waals surface area contributed by atoms with E-state index in [9.17, 15) is 0 Å². The highest BCUT2D eigenvalue weighted by Crippen LogP contribution is 2.31. The standard InChI is InChI=1S/C13H15Cl2N3/c1-8(2)18-11(7-14)16-17-13(18)10-6-4-5-9(3)12(10)15/h4-6,8H,7H2,1-3H3. The largest absolute Gasteiger partial charge is 0.307 e. The van der Waals surface area contributed by atoms with Crippen LogP contribution >= 0.6 is 23.2 Å². The third-order valence-electron chi connectivity index (χ3n) is 2.84. The van der Waals surface area contributed by atoms with Crippen molar-refractivity contribution in [3.8, 4) is 11.4 Å². The molecular weight excluding hydrogens is 269 g/mol. The number of hydrogen-bond donors (Lipinski definition) is 0. The van der Waals surface area contributed by atoms with Crippen molar-refractivity contribution in [2.75, 3.05) is 0 Å². The minimum atomic E-state index is 0.236. The molecule has 0 saturated carbocycles. The lowest BCUT2D eigenvalue weighted by Gasteiger charge is -2.14. The van der Waals surface area contributed by atoms with Gasteiger partial charge in [-0.05, 0) is 32.4 Å². The molecule has 0 radical (unpaired) electrons. The molecule has 0 saturated heterocycles. The van der Waals surface area contributed by atoms with E-state index in [0.717, 1.165) is 22.8 Å². The van der Waals surface area contributed by atoms with Gasteiger partial charge in [0.15, 0.2) is 5.82 Å². The van der Waals surface area contributed by atoms with Crippen molar-refractivity contribution in [2.45, 2.75) is 32.7 Å². The van der Waals surface area contributed by atoms with Gasteiger partial charge in [0, 0.05) is 11.6 Å². The highest BCUT2D eigenvalue weighted by atomic mass is 35.5. The fourth-order valence-electron chi connectivity index (χ4n) is 1.96. The summed E-state index contributed by atoms with van der Waals surface area (Å²) in [5.41, 5.74) is 1.93. The number of aryl methyl sites for hydroxylation is 1. The third kappa shape index (κ3) is 2.25. The van der Waals surface area contributed by atoms with Gasteiger partial charge in [0.05, 0.1) is 10.9 Å². The van der Waals surface area contributed by atoms with Gasteiger partial charge in [-0.2, -0.15) is 0 Å². The van der Waals surface area contributed by atoms with Gasteiger partial charge in [0.1, 0.15) is 5.82 Å². The monoisotopic (exact) mass is 283 g/mol. The van der Waals surface area contributed by atoms with Gasteiger partial charge in [-0.25, -0.2) is 0 Å². The maximum Gasteiger partial charge on any atom is 0.165 e. The number of hydrogen-bond acceptors (Lipinski definition) is 2. The first-order valence-electron chi connectivity index (χ1n) is 5.81.